The average Bonchev–Trinajstić information content (AvgIpc) is 2.79. The molecule has 13 heavy (non-hydrogen) atoms. The molecule has 1 saturated carbocycles. The van der Waals surface area contributed by atoms with Crippen LogP contribution in [-0.4, -0.2) is 25.7 Å². The van der Waals surface area contributed by atoms with E-state index in [0.29, 0.717) is 0 Å². The van der Waals surface area contributed by atoms with E-state index in [2.05, 4.69) is 24.5 Å². The summed E-state index contributed by atoms with van der Waals surface area (Å²) in [5, 5.41) is 7.14. The van der Waals surface area contributed by atoms with Crippen molar-refractivity contribution < 1.29 is 0 Å². The standard InChI is InChI=1S/C11H22N2/c1-3-9-4-11(9)13-7-10-6-12-5-8(10)2/h8-13H,3-7H2,1-2H3/t8-,9?,10+,11?/m1/s1. The van der Waals surface area contributed by atoms with E-state index < -0.39 is 0 Å². The quantitative estimate of drug-likeness (QED) is 0.683. The van der Waals surface area contributed by atoms with E-state index in [1.54, 1.807) is 0 Å². The Morgan fingerprint density at radius 2 is 2.15 bits per heavy atom. The Kier molecular flexibility index (Phi) is 2.89. The SMILES string of the molecule is CCC1CC1NC[C@@H]1CNC[C@H]1C. The van der Waals surface area contributed by atoms with Crippen molar-refractivity contribution in [3.63, 3.8) is 0 Å². The predicted molar refractivity (Wildman–Crippen MR) is 55.7 cm³/mol. The molecule has 0 spiro atoms. The molecule has 2 aliphatic rings. The minimum Gasteiger partial charge on any atom is -0.316 e. The highest BCUT2D eigenvalue weighted by Gasteiger charge is 2.35. The Morgan fingerprint density at radius 1 is 1.31 bits per heavy atom. The molecule has 0 radical (unpaired) electrons. The zero-order chi connectivity index (χ0) is 9.26. The van der Waals surface area contributed by atoms with Crippen molar-refractivity contribution in [1.29, 1.82) is 0 Å². The first kappa shape index (κ1) is 9.47. The van der Waals surface area contributed by atoms with Gasteiger partial charge in [-0.3, -0.25) is 0 Å². The molecule has 0 aromatic heterocycles. The zero-order valence-electron chi connectivity index (χ0n) is 8.84. The minimum atomic E-state index is 0.859. The molecule has 0 amide bonds. The van der Waals surface area contributed by atoms with Gasteiger partial charge in [0, 0.05) is 6.04 Å². The van der Waals surface area contributed by atoms with E-state index in [4.69, 9.17) is 0 Å². The molecule has 1 saturated heterocycles. The van der Waals surface area contributed by atoms with Crippen LogP contribution in [0, 0.1) is 17.8 Å². The van der Waals surface area contributed by atoms with Crippen LogP contribution in [0.4, 0.5) is 0 Å². The fraction of sp³-hybridized carbons (Fsp3) is 1.00. The van der Waals surface area contributed by atoms with Crippen LogP contribution in [0.5, 0.6) is 0 Å². The van der Waals surface area contributed by atoms with Gasteiger partial charge in [0.05, 0.1) is 0 Å². The van der Waals surface area contributed by atoms with Crippen molar-refractivity contribution in [2.45, 2.75) is 32.7 Å². The van der Waals surface area contributed by atoms with E-state index in [-0.39, 0.29) is 0 Å². The summed E-state index contributed by atoms with van der Waals surface area (Å²) in [6, 6.07) is 0.859. The van der Waals surface area contributed by atoms with Crippen molar-refractivity contribution in [3.8, 4) is 0 Å². The van der Waals surface area contributed by atoms with Gasteiger partial charge in [-0.25, -0.2) is 0 Å². The normalized spacial score (nSPS) is 43.8. The zero-order valence-corrected chi connectivity index (χ0v) is 8.84. The summed E-state index contributed by atoms with van der Waals surface area (Å²) in [5.74, 6) is 2.73. The van der Waals surface area contributed by atoms with E-state index in [9.17, 15) is 0 Å². The maximum atomic E-state index is 3.69. The van der Waals surface area contributed by atoms with Crippen LogP contribution >= 0.6 is 0 Å². The third kappa shape index (κ3) is 2.23. The third-order valence-corrected chi connectivity index (χ3v) is 3.77. The van der Waals surface area contributed by atoms with Gasteiger partial charge >= 0.3 is 0 Å². The molecule has 0 aromatic rings. The van der Waals surface area contributed by atoms with Crippen LogP contribution in [0.25, 0.3) is 0 Å². The molecule has 2 fully saturated rings. The summed E-state index contributed by atoms with van der Waals surface area (Å²) in [6.07, 6.45) is 2.78. The maximum Gasteiger partial charge on any atom is 0.00991 e. The van der Waals surface area contributed by atoms with Gasteiger partial charge in [0.1, 0.15) is 0 Å². The number of nitrogens with one attached hydrogen (secondary N) is 2. The van der Waals surface area contributed by atoms with Crippen LogP contribution in [0.1, 0.15) is 26.7 Å². The monoisotopic (exact) mass is 182 g/mol. The van der Waals surface area contributed by atoms with Crippen LogP contribution in [-0.2, 0) is 0 Å². The van der Waals surface area contributed by atoms with Gasteiger partial charge in [0.25, 0.3) is 0 Å². The molecule has 0 bridgehead atoms. The third-order valence-electron chi connectivity index (χ3n) is 3.77. The second-order valence-corrected chi connectivity index (χ2v) is 4.81. The predicted octanol–water partition coefficient (Wildman–Crippen LogP) is 1.23. The first-order chi connectivity index (χ1) is 6.31. The molecule has 2 unspecified atom stereocenters. The van der Waals surface area contributed by atoms with Gasteiger partial charge in [-0.1, -0.05) is 20.3 Å². The van der Waals surface area contributed by atoms with E-state index in [1.807, 2.05) is 0 Å². The van der Waals surface area contributed by atoms with Crippen LogP contribution in [0.15, 0.2) is 0 Å². The van der Waals surface area contributed by atoms with E-state index in [0.717, 1.165) is 23.8 Å². The van der Waals surface area contributed by atoms with Gasteiger partial charge in [-0.2, -0.15) is 0 Å². The second-order valence-electron chi connectivity index (χ2n) is 4.81. The fourth-order valence-electron chi connectivity index (χ4n) is 2.39. The largest absolute Gasteiger partial charge is 0.316 e. The van der Waals surface area contributed by atoms with Gasteiger partial charge in [-0.15, -0.1) is 0 Å². The lowest BCUT2D eigenvalue weighted by atomic mass is 9.98. The Morgan fingerprint density at radius 3 is 2.69 bits per heavy atom. The Balaban J connectivity index is 1.63. The van der Waals surface area contributed by atoms with Crippen molar-refractivity contribution >= 4 is 0 Å². The summed E-state index contributed by atoms with van der Waals surface area (Å²) in [6.45, 7) is 8.32. The molecule has 76 valence electrons. The fourth-order valence-corrected chi connectivity index (χ4v) is 2.39. The number of hydrogen-bond donors (Lipinski definition) is 2. The molecule has 2 nitrogen and oxygen atoms in total. The number of rotatable bonds is 4. The summed E-state index contributed by atoms with van der Waals surface area (Å²) in [5.41, 5.74) is 0. The summed E-state index contributed by atoms with van der Waals surface area (Å²) < 4.78 is 0. The van der Waals surface area contributed by atoms with Gasteiger partial charge < -0.3 is 10.6 Å². The van der Waals surface area contributed by atoms with Crippen LogP contribution in [0.2, 0.25) is 0 Å². The van der Waals surface area contributed by atoms with E-state index >= 15 is 0 Å². The van der Waals surface area contributed by atoms with Gasteiger partial charge in [-0.05, 0) is 43.8 Å². The molecule has 2 N–H and O–H groups in total. The lowest BCUT2D eigenvalue weighted by molar-refractivity contribution is 0.414. The summed E-state index contributed by atoms with van der Waals surface area (Å²) in [4.78, 5) is 0. The van der Waals surface area contributed by atoms with Gasteiger partial charge in [0.2, 0.25) is 0 Å². The highest BCUT2D eigenvalue weighted by Crippen LogP contribution is 2.33. The Bertz CT molecular complexity index is 169. The molecular formula is C11H22N2. The lowest BCUT2D eigenvalue weighted by Gasteiger charge is -2.14. The van der Waals surface area contributed by atoms with Crippen molar-refractivity contribution in [2.24, 2.45) is 17.8 Å². The first-order valence-electron chi connectivity index (χ1n) is 5.75. The molecule has 2 rings (SSSR count). The van der Waals surface area contributed by atoms with Crippen molar-refractivity contribution in [1.82, 2.24) is 10.6 Å². The molecular weight excluding hydrogens is 160 g/mol. The average molecular weight is 182 g/mol. The highest BCUT2D eigenvalue weighted by molar-refractivity contribution is 4.93. The minimum absolute atomic E-state index is 0.859. The Hall–Kier alpha value is -0.0800. The van der Waals surface area contributed by atoms with Crippen molar-refractivity contribution in [3.05, 3.63) is 0 Å². The topological polar surface area (TPSA) is 24.1 Å². The van der Waals surface area contributed by atoms with Crippen LogP contribution < -0.4 is 10.6 Å². The smallest absolute Gasteiger partial charge is 0.00991 e. The summed E-state index contributed by atoms with van der Waals surface area (Å²) >= 11 is 0. The lowest BCUT2D eigenvalue weighted by Crippen LogP contribution is -2.29. The summed E-state index contributed by atoms with van der Waals surface area (Å²) in [7, 11) is 0. The first-order valence-corrected chi connectivity index (χ1v) is 5.75. The molecule has 0 aromatic carbocycles. The van der Waals surface area contributed by atoms with Crippen LogP contribution in [0.3, 0.4) is 0 Å². The Labute approximate surface area is 81.5 Å². The molecule has 2 heteroatoms. The second kappa shape index (κ2) is 3.97. The molecule has 4 atom stereocenters. The molecule has 1 aliphatic heterocycles. The maximum absolute atomic E-state index is 3.69. The molecule has 1 heterocycles. The molecule has 1 aliphatic carbocycles. The highest BCUT2D eigenvalue weighted by atomic mass is 15.0. The van der Waals surface area contributed by atoms with Crippen molar-refractivity contribution in [2.75, 3.05) is 19.6 Å². The number of hydrogen-bond acceptors (Lipinski definition) is 2. The van der Waals surface area contributed by atoms with E-state index in [1.165, 1.54) is 32.5 Å². The van der Waals surface area contributed by atoms with Gasteiger partial charge in [0.15, 0.2) is 0 Å².